The molecule has 0 saturated heterocycles. The zero-order valence-corrected chi connectivity index (χ0v) is 17.1. The number of furan rings is 1. The predicted octanol–water partition coefficient (Wildman–Crippen LogP) is 4.27. The summed E-state index contributed by atoms with van der Waals surface area (Å²) in [7, 11) is 0. The predicted molar refractivity (Wildman–Crippen MR) is 112 cm³/mol. The Balaban J connectivity index is 1.44. The van der Waals surface area contributed by atoms with Gasteiger partial charge in [-0.2, -0.15) is 5.10 Å². The average molecular weight is 424 g/mol. The number of hydrazone groups is 1. The van der Waals surface area contributed by atoms with Crippen LogP contribution in [0.4, 0.5) is 0 Å². The largest absolute Gasteiger partial charge is 0.494 e. The molecule has 4 rings (SSSR count). The Morgan fingerprint density at radius 1 is 1.20 bits per heavy atom. The third kappa shape index (κ3) is 4.28. The Labute approximate surface area is 177 Å². The van der Waals surface area contributed by atoms with E-state index in [1.54, 1.807) is 47.9 Å². The van der Waals surface area contributed by atoms with Crippen LogP contribution in [-0.2, 0) is 9.53 Å². The molecule has 1 amide bonds. The smallest absolute Gasteiger partial charge is 0.338 e. The Kier molecular flexibility index (Phi) is 5.94. The fourth-order valence-electron chi connectivity index (χ4n) is 3.17. The second kappa shape index (κ2) is 8.96. The molecule has 1 aliphatic heterocycles. The number of benzene rings is 1. The highest BCUT2D eigenvalue weighted by Crippen LogP contribution is 2.34. The summed E-state index contributed by atoms with van der Waals surface area (Å²) in [6, 6.07) is 13.7. The highest BCUT2D eigenvalue weighted by atomic mass is 32.1. The molecule has 2 aromatic heterocycles. The molecule has 1 aliphatic rings. The lowest BCUT2D eigenvalue weighted by atomic mass is 10.1. The molecule has 3 heterocycles. The maximum Gasteiger partial charge on any atom is 0.338 e. The van der Waals surface area contributed by atoms with E-state index in [1.807, 2.05) is 30.5 Å². The van der Waals surface area contributed by atoms with E-state index < -0.39 is 18.5 Å². The maximum absolute atomic E-state index is 12.8. The summed E-state index contributed by atoms with van der Waals surface area (Å²) in [4.78, 5) is 26.1. The molecule has 3 aromatic rings. The van der Waals surface area contributed by atoms with Crippen molar-refractivity contribution in [2.45, 2.75) is 19.4 Å². The molecule has 1 unspecified atom stereocenters. The first-order chi connectivity index (χ1) is 14.7. The van der Waals surface area contributed by atoms with Crippen molar-refractivity contribution >= 4 is 28.9 Å². The van der Waals surface area contributed by atoms with Crippen molar-refractivity contribution in [3.8, 4) is 5.75 Å². The highest BCUT2D eigenvalue weighted by molar-refractivity contribution is 7.12. The molecular formula is C22H20N2O5S. The molecule has 1 atom stereocenters. The Morgan fingerprint density at radius 2 is 2.03 bits per heavy atom. The molecule has 154 valence electrons. The fourth-order valence-corrected chi connectivity index (χ4v) is 3.89. The number of amides is 1. The molecule has 0 N–H and O–H groups in total. The highest BCUT2D eigenvalue weighted by Gasteiger charge is 2.35. The van der Waals surface area contributed by atoms with Gasteiger partial charge in [0.15, 0.2) is 6.61 Å². The third-order valence-electron chi connectivity index (χ3n) is 4.57. The molecule has 0 saturated carbocycles. The molecule has 8 heteroatoms. The van der Waals surface area contributed by atoms with E-state index in [0.29, 0.717) is 30.1 Å². The summed E-state index contributed by atoms with van der Waals surface area (Å²) >= 11 is 1.56. The summed E-state index contributed by atoms with van der Waals surface area (Å²) in [6.07, 6.45) is 2.10. The van der Waals surface area contributed by atoms with E-state index in [1.165, 1.54) is 5.01 Å². The zero-order chi connectivity index (χ0) is 20.9. The van der Waals surface area contributed by atoms with Gasteiger partial charge in [-0.15, -0.1) is 11.3 Å². The molecule has 30 heavy (non-hydrogen) atoms. The lowest BCUT2D eigenvalue weighted by molar-refractivity contribution is -0.136. The normalized spacial score (nSPS) is 15.7. The van der Waals surface area contributed by atoms with Gasteiger partial charge in [-0.25, -0.2) is 9.80 Å². The maximum atomic E-state index is 12.8. The minimum absolute atomic E-state index is 0.345. The molecule has 0 bridgehead atoms. The van der Waals surface area contributed by atoms with Crippen molar-refractivity contribution in [2.24, 2.45) is 5.10 Å². The van der Waals surface area contributed by atoms with Crippen LogP contribution in [0.1, 0.15) is 40.4 Å². The van der Waals surface area contributed by atoms with Gasteiger partial charge in [-0.3, -0.25) is 4.79 Å². The minimum Gasteiger partial charge on any atom is -0.494 e. The Hall–Kier alpha value is -3.39. The van der Waals surface area contributed by atoms with Crippen LogP contribution in [0.3, 0.4) is 0 Å². The van der Waals surface area contributed by atoms with Gasteiger partial charge in [0.1, 0.15) is 17.6 Å². The standard InChI is InChI=1S/C22H20N2O5S/c1-2-27-16-9-7-15(8-10-16)22(26)29-14-21(25)24-18(19-5-3-11-28-19)13-17(23-24)20-6-4-12-30-20/h3-12,18H,2,13-14H2,1H3. The van der Waals surface area contributed by atoms with Crippen LogP contribution in [0.2, 0.25) is 0 Å². The van der Waals surface area contributed by atoms with Gasteiger partial charge in [0.05, 0.1) is 29.0 Å². The Morgan fingerprint density at radius 3 is 2.70 bits per heavy atom. The van der Waals surface area contributed by atoms with Crippen molar-refractivity contribution in [3.63, 3.8) is 0 Å². The average Bonchev–Trinajstić information content (AvgIpc) is 3.53. The van der Waals surface area contributed by atoms with E-state index in [-0.39, 0.29) is 6.04 Å². The van der Waals surface area contributed by atoms with Crippen LogP contribution < -0.4 is 4.74 Å². The molecule has 0 fully saturated rings. The first-order valence-corrected chi connectivity index (χ1v) is 10.4. The number of esters is 1. The van der Waals surface area contributed by atoms with Crippen LogP contribution in [-0.4, -0.2) is 35.8 Å². The van der Waals surface area contributed by atoms with Crippen LogP contribution in [0.15, 0.2) is 69.7 Å². The molecule has 0 radical (unpaired) electrons. The van der Waals surface area contributed by atoms with Crippen molar-refractivity contribution in [1.29, 1.82) is 0 Å². The quantitative estimate of drug-likeness (QED) is 0.529. The number of ether oxygens (including phenoxy) is 2. The lowest BCUT2D eigenvalue weighted by Crippen LogP contribution is -2.31. The van der Waals surface area contributed by atoms with Crippen molar-refractivity contribution < 1.29 is 23.5 Å². The van der Waals surface area contributed by atoms with E-state index in [2.05, 4.69) is 5.10 Å². The topological polar surface area (TPSA) is 81.3 Å². The van der Waals surface area contributed by atoms with Gasteiger partial charge in [0.2, 0.25) is 0 Å². The monoisotopic (exact) mass is 424 g/mol. The number of hydrogen-bond donors (Lipinski definition) is 0. The summed E-state index contributed by atoms with van der Waals surface area (Å²) in [5.41, 5.74) is 1.15. The SMILES string of the molecule is CCOc1ccc(C(=O)OCC(=O)N2N=C(c3cccs3)CC2c2ccco2)cc1. The minimum atomic E-state index is -0.581. The third-order valence-corrected chi connectivity index (χ3v) is 5.49. The van der Waals surface area contributed by atoms with Crippen molar-refractivity contribution in [3.05, 3.63) is 76.4 Å². The summed E-state index contributed by atoms with van der Waals surface area (Å²) in [5, 5.41) is 7.80. The zero-order valence-electron chi connectivity index (χ0n) is 16.3. The fraction of sp³-hybridized carbons (Fsp3) is 0.227. The van der Waals surface area contributed by atoms with Crippen molar-refractivity contribution in [1.82, 2.24) is 5.01 Å². The number of thiophene rings is 1. The molecule has 0 aliphatic carbocycles. The lowest BCUT2D eigenvalue weighted by Gasteiger charge is -2.19. The van der Waals surface area contributed by atoms with Crippen LogP contribution >= 0.6 is 11.3 Å². The number of carbonyl (C=O) groups excluding carboxylic acids is 2. The van der Waals surface area contributed by atoms with Gasteiger partial charge < -0.3 is 13.9 Å². The molecule has 0 spiro atoms. The second-order valence-corrected chi connectivity index (χ2v) is 7.48. The first kappa shape index (κ1) is 19.9. The summed E-state index contributed by atoms with van der Waals surface area (Å²) in [6.45, 7) is 2.01. The Bertz CT molecular complexity index is 1030. The number of nitrogens with zero attached hydrogens (tertiary/aromatic N) is 2. The van der Waals surface area contributed by atoms with Gasteiger partial charge in [-0.05, 0) is 54.8 Å². The van der Waals surface area contributed by atoms with Crippen LogP contribution in [0, 0.1) is 0 Å². The van der Waals surface area contributed by atoms with Crippen molar-refractivity contribution in [2.75, 3.05) is 13.2 Å². The van der Waals surface area contributed by atoms with Crippen LogP contribution in [0.5, 0.6) is 5.75 Å². The number of carbonyl (C=O) groups is 2. The van der Waals surface area contributed by atoms with Gasteiger partial charge in [0, 0.05) is 6.42 Å². The van der Waals surface area contributed by atoms with Gasteiger partial charge in [-0.1, -0.05) is 6.07 Å². The van der Waals surface area contributed by atoms with Gasteiger partial charge >= 0.3 is 5.97 Å². The number of hydrogen-bond acceptors (Lipinski definition) is 7. The van der Waals surface area contributed by atoms with E-state index in [9.17, 15) is 9.59 Å². The molecule has 1 aromatic carbocycles. The summed E-state index contributed by atoms with van der Waals surface area (Å²) < 4.78 is 16.1. The van der Waals surface area contributed by atoms with E-state index in [0.717, 1.165) is 10.6 Å². The summed E-state index contributed by atoms with van der Waals surface area (Å²) in [5.74, 6) is 0.306. The van der Waals surface area contributed by atoms with E-state index >= 15 is 0 Å². The van der Waals surface area contributed by atoms with E-state index in [4.69, 9.17) is 13.9 Å². The number of rotatable bonds is 7. The van der Waals surface area contributed by atoms with Crippen LogP contribution in [0.25, 0.3) is 0 Å². The second-order valence-electron chi connectivity index (χ2n) is 6.53. The first-order valence-electron chi connectivity index (χ1n) is 9.52. The van der Waals surface area contributed by atoms with Gasteiger partial charge in [0.25, 0.3) is 5.91 Å². The molecular weight excluding hydrogens is 404 g/mol. The molecule has 7 nitrogen and oxygen atoms in total.